The fourth-order valence-corrected chi connectivity index (χ4v) is 3.17. The highest BCUT2D eigenvalue weighted by atomic mass is 127. The molecule has 84 valence electrons. The SMILES string of the molecule is O=C(c1csc(I)c1)c1c[nH]c2ccccc12. The molecule has 0 aliphatic carbocycles. The lowest BCUT2D eigenvalue weighted by molar-refractivity contribution is 0.104. The first kappa shape index (κ1) is 11.0. The largest absolute Gasteiger partial charge is 0.360 e. The van der Waals surface area contributed by atoms with E-state index in [9.17, 15) is 4.79 Å². The third-order valence-corrected chi connectivity index (χ3v) is 4.45. The van der Waals surface area contributed by atoms with Gasteiger partial charge in [0, 0.05) is 33.6 Å². The molecule has 3 rings (SSSR count). The summed E-state index contributed by atoms with van der Waals surface area (Å²) in [6, 6.07) is 9.78. The van der Waals surface area contributed by atoms with Crippen LogP contribution in [0.4, 0.5) is 0 Å². The van der Waals surface area contributed by atoms with Crippen LogP contribution in [0.1, 0.15) is 15.9 Å². The number of halogens is 1. The lowest BCUT2D eigenvalue weighted by Gasteiger charge is -1.95. The molecule has 2 aromatic heterocycles. The lowest BCUT2D eigenvalue weighted by atomic mass is 10.1. The first-order chi connectivity index (χ1) is 8.25. The van der Waals surface area contributed by atoms with Crippen molar-refractivity contribution < 1.29 is 4.79 Å². The number of para-hydroxylation sites is 1. The van der Waals surface area contributed by atoms with Crippen LogP contribution in [0.15, 0.2) is 41.9 Å². The molecule has 0 bridgehead atoms. The number of fused-ring (bicyclic) bond motifs is 1. The van der Waals surface area contributed by atoms with Gasteiger partial charge in [0.2, 0.25) is 0 Å². The molecule has 3 aromatic rings. The van der Waals surface area contributed by atoms with Crippen molar-refractivity contribution in [1.29, 1.82) is 0 Å². The molecule has 0 aliphatic heterocycles. The summed E-state index contributed by atoms with van der Waals surface area (Å²) >= 11 is 3.82. The van der Waals surface area contributed by atoms with E-state index in [-0.39, 0.29) is 5.78 Å². The molecule has 0 atom stereocenters. The number of carbonyl (C=O) groups is 1. The van der Waals surface area contributed by atoms with Crippen molar-refractivity contribution in [2.75, 3.05) is 0 Å². The Hall–Kier alpha value is -1.14. The molecule has 17 heavy (non-hydrogen) atoms. The molecule has 0 unspecified atom stereocenters. The van der Waals surface area contributed by atoms with Crippen molar-refractivity contribution in [1.82, 2.24) is 4.98 Å². The minimum Gasteiger partial charge on any atom is -0.360 e. The van der Waals surface area contributed by atoms with Crippen molar-refractivity contribution in [3.8, 4) is 0 Å². The summed E-state index contributed by atoms with van der Waals surface area (Å²) in [6.45, 7) is 0. The van der Waals surface area contributed by atoms with Gasteiger partial charge in [0.25, 0.3) is 0 Å². The number of aromatic nitrogens is 1. The van der Waals surface area contributed by atoms with Gasteiger partial charge in [-0.15, -0.1) is 11.3 Å². The van der Waals surface area contributed by atoms with Gasteiger partial charge in [-0.05, 0) is 34.7 Å². The van der Waals surface area contributed by atoms with Crippen molar-refractivity contribution in [3.63, 3.8) is 0 Å². The van der Waals surface area contributed by atoms with Crippen molar-refractivity contribution in [2.45, 2.75) is 0 Å². The van der Waals surface area contributed by atoms with E-state index >= 15 is 0 Å². The predicted molar refractivity (Wildman–Crippen MR) is 78.8 cm³/mol. The fourth-order valence-electron chi connectivity index (χ4n) is 1.84. The minimum absolute atomic E-state index is 0.0848. The highest BCUT2D eigenvalue weighted by molar-refractivity contribution is 14.1. The Bertz CT molecular complexity index is 698. The van der Waals surface area contributed by atoms with E-state index in [0.29, 0.717) is 0 Å². The third kappa shape index (κ3) is 1.91. The number of carbonyl (C=O) groups excluding carboxylic acids is 1. The van der Waals surface area contributed by atoms with E-state index in [0.717, 1.165) is 24.9 Å². The van der Waals surface area contributed by atoms with Crippen LogP contribution in [0.3, 0.4) is 0 Å². The lowest BCUT2D eigenvalue weighted by Crippen LogP contribution is -1.97. The Kier molecular flexibility index (Phi) is 2.76. The van der Waals surface area contributed by atoms with Gasteiger partial charge in [-0.3, -0.25) is 4.79 Å². The molecule has 1 aromatic carbocycles. The summed E-state index contributed by atoms with van der Waals surface area (Å²) < 4.78 is 1.13. The van der Waals surface area contributed by atoms with E-state index in [1.165, 1.54) is 0 Å². The second-order valence-corrected chi connectivity index (χ2v) is 6.52. The van der Waals surface area contributed by atoms with Crippen LogP contribution in [-0.2, 0) is 0 Å². The van der Waals surface area contributed by atoms with Gasteiger partial charge in [-0.25, -0.2) is 0 Å². The van der Waals surface area contributed by atoms with Crippen molar-refractivity contribution in [2.24, 2.45) is 0 Å². The number of benzene rings is 1. The summed E-state index contributed by atoms with van der Waals surface area (Å²) in [5.74, 6) is 0.0848. The monoisotopic (exact) mass is 353 g/mol. The summed E-state index contributed by atoms with van der Waals surface area (Å²) in [7, 11) is 0. The van der Waals surface area contributed by atoms with E-state index in [4.69, 9.17) is 0 Å². The summed E-state index contributed by atoms with van der Waals surface area (Å²) in [4.78, 5) is 15.4. The maximum atomic E-state index is 12.3. The predicted octanol–water partition coefficient (Wildman–Crippen LogP) is 4.07. The van der Waals surface area contributed by atoms with Crippen molar-refractivity contribution in [3.05, 3.63) is 55.9 Å². The maximum absolute atomic E-state index is 12.3. The van der Waals surface area contributed by atoms with Crippen LogP contribution in [0.2, 0.25) is 0 Å². The molecule has 0 aliphatic rings. The quantitative estimate of drug-likeness (QED) is 0.547. The highest BCUT2D eigenvalue weighted by Gasteiger charge is 2.14. The summed E-state index contributed by atoms with van der Waals surface area (Å²) in [5, 5.41) is 2.89. The smallest absolute Gasteiger partial charge is 0.196 e. The summed E-state index contributed by atoms with van der Waals surface area (Å²) in [5.41, 5.74) is 2.51. The zero-order chi connectivity index (χ0) is 11.8. The average molecular weight is 353 g/mol. The van der Waals surface area contributed by atoms with Gasteiger partial charge in [-0.2, -0.15) is 0 Å². The molecule has 2 heterocycles. The zero-order valence-corrected chi connectivity index (χ0v) is 11.7. The van der Waals surface area contributed by atoms with Crippen LogP contribution in [0, 0.1) is 2.88 Å². The number of hydrogen-bond acceptors (Lipinski definition) is 2. The Labute approximate surface area is 116 Å². The first-order valence-electron chi connectivity index (χ1n) is 5.10. The zero-order valence-electron chi connectivity index (χ0n) is 8.74. The topological polar surface area (TPSA) is 32.9 Å². The van der Waals surface area contributed by atoms with Crippen LogP contribution in [0.25, 0.3) is 10.9 Å². The Morgan fingerprint density at radius 2 is 2.12 bits per heavy atom. The minimum atomic E-state index is 0.0848. The molecule has 0 saturated carbocycles. The first-order valence-corrected chi connectivity index (χ1v) is 7.06. The molecular weight excluding hydrogens is 345 g/mol. The van der Waals surface area contributed by atoms with Crippen LogP contribution in [0.5, 0.6) is 0 Å². The molecule has 1 N–H and O–H groups in total. The van der Waals surface area contributed by atoms with Gasteiger partial charge >= 0.3 is 0 Å². The van der Waals surface area contributed by atoms with Gasteiger partial charge in [0.15, 0.2) is 5.78 Å². The molecule has 0 radical (unpaired) electrons. The van der Waals surface area contributed by atoms with Gasteiger partial charge < -0.3 is 4.98 Å². The van der Waals surface area contributed by atoms with Crippen LogP contribution >= 0.6 is 33.9 Å². The molecular formula is C13H8INOS. The second kappa shape index (κ2) is 4.27. The fraction of sp³-hybridized carbons (Fsp3) is 0. The van der Waals surface area contributed by atoms with E-state index < -0.39 is 0 Å². The summed E-state index contributed by atoms with van der Waals surface area (Å²) in [6.07, 6.45) is 1.79. The average Bonchev–Trinajstić information content (AvgIpc) is 2.94. The maximum Gasteiger partial charge on any atom is 0.196 e. The number of ketones is 1. The number of hydrogen-bond donors (Lipinski definition) is 1. The van der Waals surface area contributed by atoms with Crippen LogP contribution in [-0.4, -0.2) is 10.8 Å². The molecule has 2 nitrogen and oxygen atoms in total. The van der Waals surface area contributed by atoms with Crippen LogP contribution < -0.4 is 0 Å². The highest BCUT2D eigenvalue weighted by Crippen LogP contribution is 2.24. The van der Waals surface area contributed by atoms with Gasteiger partial charge in [0.05, 0.1) is 2.88 Å². The number of aromatic amines is 1. The standard InChI is InChI=1S/C13H8INOS/c14-12-5-8(7-17-12)13(16)10-6-15-11-4-2-1-3-9(10)11/h1-7,15H. The number of thiophene rings is 1. The number of rotatable bonds is 2. The Morgan fingerprint density at radius 1 is 1.29 bits per heavy atom. The molecule has 0 fully saturated rings. The molecule has 0 saturated heterocycles. The van der Waals surface area contributed by atoms with E-state index in [2.05, 4.69) is 27.6 Å². The molecule has 4 heteroatoms. The van der Waals surface area contributed by atoms with Gasteiger partial charge in [0.1, 0.15) is 0 Å². The Balaban J connectivity index is 2.13. The normalized spacial score (nSPS) is 10.9. The Morgan fingerprint density at radius 3 is 2.88 bits per heavy atom. The third-order valence-electron chi connectivity index (χ3n) is 2.66. The van der Waals surface area contributed by atoms with Gasteiger partial charge in [-0.1, -0.05) is 18.2 Å². The van der Waals surface area contributed by atoms with E-state index in [1.54, 1.807) is 17.5 Å². The molecule has 0 amide bonds. The van der Waals surface area contributed by atoms with Crippen molar-refractivity contribution >= 4 is 50.6 Å². The van der Waals surface area contributed by atoms with E-state index in [1.807, 2.05) is 35.7 Å². The second-order valence-electron chi connectivity index (χ2n) is 3.72. The molecule has 0 spiro atoms. The number of H-pyrrole nitrogens is 1. The number of nitrogens with one attached hydrogen (secondary N) is 1.